The van der Waals surface area contributed by atoms with Crippen molar-refractivity contribution in [2.45, 2.75) is 13.3 Å². The third kappa shape index (κ3) is 6.01. The maximum absolute atomic E-state index is 11.9. The van der Waals surface area contributed by atoms with Crippen molar-refractivity contribution >= 4 is 11.8 Å². The van der Waals surface area contributed by atoms with Gasteiger partial charge in [0.25, 0.3) is 0 Å². The SMILES string of the molecule is CC(=O)NCC(=O)N(CCN)CCc1ccccc1. The van der Waals surface area contributed by atoms with Gasteiger partial charge in [0.2, 0.25) is 11.8 Å². The highest BCUT2D eigenvalue weighted by molar-refractivity contribution is 5.83. The lowest BCUT2D eigenvalue weighted by Gasteiger charge is -2.22. The summed E-state index contributed by atoms with van der Waals surface area (Å²) in [5, 5.41) is 2.51. The Bertz CT molecular complexity index is 406. The molecule has 0 unspecified atom stereocenters. The zero-order valence-corrected chi connectivity index (χ0v) is 11.3. The molecule has 0 aliphatic carbocycles. The van der Waals surface area contributed by atoms with E-state index in [9.17, 15) is 9.59 Å². The first-order valence-electron chi connectivity index (χ1n) is 6.39. The third-order valence-corrected chi connectivity index (χ3v) is 2.75. The van der Waals surface area contributed by atoms with Crippen LogP contribution in [0.5, 0.6) is 0 Å². The van der Waals surface area contributed by atoms with Gasteiger partial charge in [0.15, 0.2) is 0 Å². The van der Waals surface area contributed by atoms with E-state index >= 15 is 0 Å². The van der Waals surface area contributed by atoms with E-state index in [0.717, 1.165) is 6.42 Å². The van der Waals surface area contributed by atoms with E-state index < -0.39 is 0 Å². The van der Waals surface area contributed by atoms with Crippen molar-refractivity contribution < 1.29 is 9.59 Å². The Hall–Kier alpha value is -1.88. The Morgan fingerprint density at radius 1 is 1.21 bits per heavy atom. The molecule has 0 saturated carbocycles. The molecule has 104 valence electrons. The molecule has 0 saturated heterocycles. The van der Waals surface area contributed by atoms with Crippen molar-refractivity contribution in [3.63, 3.8) is 0 Å². The number of rotatable bonds is 7. The number of amides is 2. The zero-order valence-electron chi connectivity index (χ0n) is 11.3. The highest BCUT2D eigenvalue weighted by Gasteiger charge is 2.12. The summed E-state index contributed by atoms with van der Waals surface area (Å²) >= 11 is 0. The van der Waals surface area contributed by atoms with Gasteiger partial charge in [-0.2, -0.15) is 0 Å². The average molecular weight is 263 g/mol. The lowest BCUT2D eigenvalue weighted by molar-refractivity contribution is -0.132. The average Bonchev–Trinajstić information content (AvgIpc) is 2.42. The maximum Gasteiger partial charge on any atom is 0.242 e. The van der Waals surface area contributed by atoms with Gasteiger partial charge in [-0.15, -0.1) is 0 Å². The van der Waals surface area contributed by atoms with E-state index in [2.05, 4.69) is 5.32 Å². The summed E-state index contributed by atoms with van der Waals surface area (Å²) in [5.41, 5.74) is 6.69. The van der Waals surface area contributed by atoms with Crippen molar-refractivity contribution in [1.29, 1.82) is 0 Å². The van der Waals surface area contributed by atoms with E-state index in [1.165, 1.54) is 12.5 Å². The Kier molecular flexibility index (Phi) is 6.60. The molecule has 0 radical (unpaired) electrons. The number of nitrogens with one attached hydrogen (secondary N) is 1. The molecule has 5 heteroatoms. The monoisotopic (exact) mass is 263 g/mol. The standard InChI is InChI=1S/C14H21N3O2/c1-12(18)16-11-14(19)17(10-8-15)9-7-13-5-3-2-4-6-13/h2-6H,7-11,15H2,1H3,(H,16,18). The molecule has 5 nitrogen and oxygen atoms in total. The van der Waals surface area contributed by atoms with E-state index in [4.69, 9.17) is 5.73 Å². The molecule has 0 atom stereocenters. The van der Waals surface area contributed by atoms with Gasteiger partial charge in [-0.1, -0.05) is 30.3 Å². The first-order valence-corrected chi connectivity index (χ1v) is 6.39. The Balaban J connectivity index is 2.47. The van der Waals surface area contributed by atoms with Crippen LogP contribution in [0.2, 0.25) is 0 Å². The summed E-state index contributed by atoms with van der Waals surface area (Å²) in [6.45, 7) is 2.96. The van der Waals surface area contributed by atoms with Crippen LogP contribution in [0.25, 0.3) is 0 Å². The largest absolute Gasteiger partial charge is 0.347 e. The fourth-order valence-electron chi connectivity index (χ4n) is 1.74. The van der Waals surface area contributed by atoms with Crippen LogP contribution in [0.1, 0.15) is 12.5 Å². The second-order valence-corrected chi connectivity index (χ2v) is 4.31. The molecular formula is C14H21N3O2. The second-order valence-electron chi connectivity index (χ2n) is 4.31. The lowest BCUT2D eigenvalue weighted by Crippen LogP contribution is -2.42. The van der Waals surface area contributed by atoms with Crippen molar-refractivity contribution in [1.82, 2.24) is 10.2 Å². The molecule has 1 rings (SSSR count). The van der Waals surface area contributed by atoms with Crippen molar-refractivity contribution in [3.8, 4) is 0 Å². The summed E-state index contributed by atoms with van der Waals surface area (Å²) in [4.78, 5) is 24.4. The summed E-state index contributed by atoms with van der Waals surface area (Å²) in [6, 6.07) is 9.96. The number of carbonyl (C=O) groups is 2. The van der Waals surface area contributed by atoms with Gasteiger partial charge in [-0.25, -0.2) is 0 Å². The predicted molar refractivity (Wildman–Crippen MR) is 74.5 cm³/mol. The van der Waals surface area contributed by atoms with Crippen molar-refractivity contribution in [3.05, 3.63) is 35.9 Å². The summed E-state index contributed by atoms with van der Waals surface area (Å²) in [5.74, 6) is -0.305. The molecule has 0 aliphatic heterocycles. The number of nitrogens with two attached hydrogens (primary N) is 1. The Morgan fingerprint density at radius 3 is 2.47 bits per heavy atom. The van der Waals surface area contributed by atoms with E-state index in [1.54, 1.807) is 4.90 Å². The summed E-state index contributed by atoms with van der Waals surface area (Å²) in [6.07, 6.45) is 0.784. The minimum atomic E-state index is -0.205. The Morgan fingerprint density at radius 2 is 1.89 bits per heavy atom. The van der Waals surface area contributed by atoms with Crippen LogP contribution in [0.15, 0.2) is 30.3 Å². The molecule has 3 N–H and O–H groups in total. The number of hydrogen-bond donors (Lipinski definition) is 2. The van der Waals surface area contributed by atoms with Crippen LogP contribution in [0.3, 0.4) is 0 Å². The molecule has 2 amide bonds. The molecule has 0 aromatic heterocycles. The number of nitrogens with zero attached hydrogens (tertiary/aromatic N) is 1. The maximum atomic E-state index is 11.9. The van der Waals surface area contributed by atoms with Gasteiger partial charge in [0, 0.05) is 26.6 Å². The van der Waals surface area contributed by atoms with Gasteiger partial charge < -0.3 is 16.0 Å². The topological polar surface area (TPSA) is 75.4 Å². The van der Waals surface area contributed by atoms with Gasteiger partial charge in [-0.05, 0) is 12.0 Å². The van der Waals surface area contributed by atoms with Crippen LogP contribution in [0, 0.1) is 0 Å². The highest BCUT2D eigenvalue weighted by atomic mass is 16.2. The minimum absolute atomic E-state index is 0.0319. The molecule has 19 heavy (non-hydrogen) atoms. The number of hydrogen-bond acceptors (Lipinski definition) is 3. The van der Waals surface area contributed by atoms with Gasteiger partial charge in [0.1, 0.15) is 0 Å². The molecule has 0 bridgehead atoms. The number of carbonyl (C=O) groups excluding carboxylic acids is 2. The predicted octanol–water partition coefficient (Wildman–Crippen LogP) is 0.153. The van der Waals surface area contributed by atoms with E-state index in [0.29, 0.717) is 19.6 Å². The van der Waals surface area contributed by atoms with Gasteiger partial charge in [-0.3, -0.25) is 9.59 Å². The second kappa shape index (κ2) is 8.26. The minimum Gasteiger partial charge on any atom is -0.347 e. The van der Waals surface area contributed by atoms with Crippen LogP contribution in [-0.4, -0.2) is 42.9 Å². The van der Waals surface area contributed by atoms with Gasteiger partial charge >= 0.3 is 0 Å². The van der Waals surface area contributed by atoms with Crippen molar-refractivity contribution in [2.75, 3.05) is 26.2 Å². The quantitative estimate of drug-likeness (QED) is 0.735. The van der Waals surface area contributed by atoms with Crippen LogP contribution in [-0.2, 0) is 16.0 Å². The highest BCUT2D eigenvalue weighted by Crippen LogP contribution is 2.01. The molecule has 0 aliphatic rings. The fraction of sp³-hybridized carbons (Fsp3) is 0.429. The van der Waals surface area contributed by atoms with E-state index in [-0.39, 0.29) is 18.4 Å². The van der Waals surface area contributed by atoms with Crippen molar-refractivity contribution in [2.24, 2.45) is 5.73 Å². The molecule has 0 spiro atoms. The van der Waals surface area contributed by atoms with Gasteiger partial charge in [0.05, 0.1) is 6.54 Å². The zero-order chi connectivity index (χ0) is 14.1. The molecular weight excluding hydrogens is 242 g/mol. The van der Waals surface area contributed by atoms with Crippen LogP contribution in [0.4, 0.5) is 0 Å². The smallest absolute Gasteiger partial charge is 0.242 e. The third-order valence-electron chi connectivity index (χ3n) is 2.75. The Labute approximate surface area is 113 Å². The van der Waals surface area contributed by atoms with Crippen LogP contribution >= 0.6 is 0 Å². The molecule has 0 heterocycles. The lowest BCUT2D eigenvalue weighted by atomic mass is 10.1. The first kappa shape index (κ1) is 15.2. The fourth-order valence-corrected chi connectivity index (χ4v) is 1.74. The number of benzene rings is 1. The summed E-state index contributed by atoms with van der Waals surface area (Å²) < 4.78 is 0. The summed E-state index contributed by atoms with van der Waals surface area (Å²) in [7, 11) is 0. The normalized spacial score (nSPS) is 10.0. The molecule has 1 aromatic carbocycles. The van der Waals surface area contributed by atoms with E-state index in [1.807, 2.05) is 30.3 Å². The molecule has 1 aromatic rings. The first-order chi connectivity index (χ1) is 9.13. The van der Waals surface area contributed by atoms with Crippen LogP contribution < -0.4 is 11.1 Å². The molecule has 0 fully saturated rings.